The third kappa shape index (κ3) is 3.95. The van der Waals surface area contributed by atoms with E-state index in [1.165, 1.54) is 29.7 Å². The molecule has 1 aromatic carbocycles. The van der Waals surface area contributed by atoms with Gasteiger partial charge in [-0.15, -0.1) is 0 Å². The Morgan fingerprint density at radius 1 is 1.29 bits per heavy atom. The van der Waals surface area contributed by atoms with E-state index in [4.69, 9.17) is 0 Å². The molecule has 0 aliphatic heterocycles. The molecule has 1 fully saturated rings. The van der Waals surface area contributed by atoms with Gasteiger partial charge in [0.05, 0.1) is 12.7 Å². The van der Waals surface area contributed by atoms with Crippen LogP contribution in [-0.4, -0.2) is 15.8 Å². The van der Waals surface area contributed by atoms with Crippen LogP contribution in [0.3, 0.4) is 0 Å². The number of benzene rings is 1. The van der Waals surface area contributed by atoms with E-state index in [1.54, 1.807) is 0 Å². The molecular formula is C17H22BrN3. The normalized spacial score (nSPS) is 14.6. The average molecular weight is 348 g/mol. The third-order valence-electron chi connectivity index (χ3n) is 3.93. The minimum absolute atomic E-state index is 0.745. The highest BCUT2D eigenvalue weighted by Crippen LogP contribution is 2.21. The minimum atomic E-state index is 0.745. The van der Waals surface area contributed by atoms with Crippen LogP contribution in [0.4, 0.5) is 0 Å². The first-order valence-corrected chi connectivity index (χ1v) is 8.57. The lowest BCUT2D eigenvalue weighted by Crippen LogP contribution is -2.16. The molecule has 21 heavy (non-hydrogen) atoms. The lowest BCUT2D eigenvalue weighted by Gasteiger charge is -2.10. The minimum Gasteiger partial charge on any atom is -0.310 e. The van der Waals surface area contributed by atoms with Crippen molar-refractivity contribution in [2.75, 3.05) is 0 Å². The van der Waals surface area contributed by atoms with E-state index in [-0.39, 0.29) is 0 Å². The van der Waals surface area contributed by atoms with Crippen molar-refractivity contribution in [2.45, 2.75) is 51.7 Å². The number of halogens is 1. The Balaban J connectivity index is 1.74. The zero-order valence-corrected chi connectivity index (χ0v) is 14.1. The van der Waals surface area contributed by atoms with Gasteiger partial charge in [-0.05, 0) is 37.0 Å². The molecule has 0 atom stereocenters. The molecule has 1 aliphatic rings. The summed E-state index contributed by atoms with van der Waals surface area (Å²) < 4.78 is 3.28. The van der Waals surface area contributed by atoms with Crippen molar-refractivity contribution in [2.24, 2.45) is 0 Å². The molecule has 3 nitrogen and oxygen atoms in total. The lowest BCUT2D eigenvalue weighted by molar-refractivity contribution is 0.626. The summed E-state index contributed by atoms with van der Waals surface area (Å²) in [5, 5.41) is 8.21. The van der Waals surface area contributed by atoms with Crippen LogP contribution in [0.25, 0.3) is 0 Å². The van der Waals surface area contributed by atoms with Crippen LogP contribution in [-0.2, 0) is 19.5 Å². The summed E-state index contributed by atoms with van der Waals surface area (Å²) in [6, 6.07) is 9.24. The number of hydrogen-bond acceptors (Lipinski definition) is 2. The van der Waals surface area contributed by atoms with Gasteiger partial charge in [-0.25, -0.2) is 0 Å². The van der Waals surface area contributed by atoms with E-state index in [0.717, 1.165) is 36.4 Å². The summed E-state index contributed by atoms with van der Waals surface area (Å²) in [4.78, 5) is 0. The lowest BCUT2D eigenvalue weighted by atomic mass is 10.1. The molecule has 1 heterocycles. The fourth-order valence-corrected chi connectivity index (χ4v) is 2.83. The van der Waals surface area contributed by atoms with Gasteiger partial charge in [-0.3, -0.25) is 4.68 Å². The molecule has 0 bridgehead atoms. The molecule has 1 N–H and O–H groups in total. The van der Waals surface area contributed by atoms with Gasteiger partial charge in [-0.1, -0.05) is 41.4 Å². The van der Waals surface area contributed by atoms with Crippen LogP contribution in [0.2, 0.25) is 0 Å². The van der Waals surface area contributed by atoms with E-state index in [9.17, 15) is 0 Å². The van der Waals surface area contributed by atoms with Gasteiger partial charge in [0.15, 0.2) is 0 Å². The standard InChI is InChI=1S/C17H22BrN3/c1-2-3-17-14(10-19-16-8-9-16)11-20-21(17)12-13-4-6-15(18)7-5-13/h4-7,11,16,19H,2-3,8-10,12H2,1H3. The molecule has 0 spiro atoms. The van der Waals surface area contributed by atoms with Gasteiger partial charge >= 0.3 is 0 Å². The average Bonchev–Trinajstić information content (AvgIpc) is 3.24. The number of rotatable bonds is 7. The highest BCUT2D eigenvalue weighted by molar-refractivity contribution is 9.10. The first-order chi connectivity index (χ1) is 10.3. The number of aromatic nitrogens is 2. The van der Waals surface area contributed by atoms with Gasteiger partial charge < -0.3 is 5.32 Å². The maximum absolute atomic E-state index is 4.62. The molecule has 2 aromatic rings. The number of nitrogens with one attached hydrogen (secondary N) is 1. The third-order valence-corrected chi connectivity index (χ3v) is 4.45. The Morgan fingerprint density at radius 3 is 2.71 bits per heavy atom. The predicted octanol–water partition coefficient (Wildman–Crippen LogP) is 3.90. The van der Waals surface area contributed by atoms with E-state index in [0.29, 0.717) is 0 Å². The Kier molecular flexibility index (Phi) is 4.76. The molecule has 4 heteroatoms. The summed E-state index contributed by atoms with van der Waals surface area (Å²) in [6.45, 7) is 4.04. The Bertz CT molecular complexity index is 585. The maximum atomic E-state index is 4.62. The maximum Gasteiger partial charge on any atom is 0.0662 e. The predicted molar refractivity (Wildman–Crippen MR) is 89.3 cm³/mol. The number of hydrogen-bond donors (Lipinski definition) is 1. The summed E-state index contributed by atoms with van der Waals surface area (Å²) in [7, 11) is 0. The van der Waals surface area contributed by atoms with Crippen molar-refractivity contribution in [1.29, 1.82) is 0 Å². The van der Waals surface area contributed by atoms with E-state index < -0.39 is 0 Å². The van der Waals surface area contributed by atoms with Crippen LogP contribution in [0.1, 0.15) is 43.0 Å². The molecule has 0 radical (unpaired) electrons. The molecule has 1 aliphatic carbocycles. The number of nitrogens with zero attached hydrogens (tertiary/aromatic N) is 2. The first kappa shape index (κ1) is 14.8. The topological polar surface area (TPSA) is 29.9 Å². The molecule has 1 aromatic heterocycles. The fourth-order valence-electron chi connectivity index (χ4n) is 2.56. The largest absolute Gasteiger partial charge is 0.310 e. The first-order valence-electron chi connectivity index (χ1n) is 7.77. The van der Waals surface area contributed by atoms with Crippen LogP contribution in [0.15, 0.2) is 34.9 Å². The van der Waals surface area contributed by atoms with Gasteiger partial charge in [0.25, 0.3) is 0 Å². The highest BCUT2D eigenvalue weighted by atomic mass is 79.9. The second-order valence-corrected chi connectivity index (χ2v) is 6.72. The van der Waals surface area contributed by atoms with Gasteiger partial charge in [0, 0.05) is 28.3 Å². The smallest absolute Gasteiger partial charge is 0.0662 e. The summed E-state index contributed by atoms with van der Waals surface area (Å²) in [5.41, 5.74) is 4.04. The van der Waals surface area contributed by atoms with Crippen LogP contribution >= 0.6 is 15.9 Å². The van der Waals surface area contributed by atoms with E-state index >= 15 is 0 Å². The second-order valence-electron chi connectivity index (χ2n) is 5.81. The van der Waals surface area contributed by atoms with Gasteiger partial charge in [0.2, 0.25) is 0 Å². The zero-order chi connectivity index (χ0) is 14.7. The van der Waals surface area contributed by atoms with E-state index in [2.05, 4.69) is 62.2 Å². The Morgan fingerprint density at radius 2 is 2.05 bits per heavy atom. The Hall–Kier alpha value is -1.13. The van der Waals surface area contributed by atoms with Crippen molar-refractivity contribution in [3.63, 3.8) is 0 Å². The van der Waals surface area contributed by atoms with E-state index in [1.807, 2.05) is 6.20 Å². The van der Waals surface area contributed by atoms with Crippen LogP contribution in [0, 0.1) is 0 Å². The highest BCUT2D eigenvalue weighted by Gasteiger charge is 2.21. The molecule has 112 valence electrons. The summed E-state index contributed by atoms with van der Waals surface area (Å²) >= 11 is 3.48. The SMILES string of the molecule is CCCc1c(CNC2CC2)cnn1Cc1ccc(Br)cc1. The molecule has 0 unspecified atom stereocenters. The molecule has 3 rings (SSSR count). The fraction of sp³-hybridized carbons (Fsp3) is 0.471. The molecule has 1 saturated carbocycles. The monoisotopic (exact) mass is 347 g/mol. The zero-order valence-electron chi connectivity index (χ0n) is 12.5. The second kappa shape index (κ2) is 6.75. The van der Waals surface area contributed by atoms with Gasteiger partial charge in [-0.2, -0.15) is 5.10 Å². The van der Waals surface area contributed by atoms with Crippen molar-refractivity contribution in [1.82, 2.24) is 15.1 Å². The molecule has 0 amide bonds. The van der Waals surface area contributed by atoms with Crippen LogP contribution in [0.5, 0.6) is 0 Å². The van der Waals surface area contributed by atoms with Crippen molar-refractivity contribution >= 4 is 15.9 Å². The Labute approximate surface area is 134 Å². The quantitative estimate of drug-likeness (QED) is 0.823. The van der Waals surface area contributed by atoms with Crippen molar-refractivity contribution in [3.05, 3.63) is 51.8 Å². The van der Waals surface area contributed by atoms with Gasteiger partial charge in [0.1, 0.15) is 0 Å². The molecule has 0 saturated heterocycles. The van der Waals surface area contributed by atoms with Crippen molar-refractivity contribution in [3.8, 4) is 0 Å². The molecular weight excluding hydrogens is 326 g/mol. The summed E-state index contributed by atoms with van der Waals surface area (Å²) in [6.07, 6.45) is 6.95. The van der Waals surface area contributed by atoms with Crippen molar-refractivity contribution < 1.29 is 0 Å². The summed E-state index contributed by atoms with van der Waals surface area (Å²) in [5.74, 6) is 0. The van der Waals surface area contributed by atoms with Crippen LogP contribution < -0.4 is 5.32 Å².